The number of nitrogens with zero attached hydrogens (tertiary/aromatic N) is 5. The molecule has 4 aromatic carbocycles. The zero-order valence-electron chi connectivity index (χ0n) is 33.8. The van der Waals surface area contributed by atoms with Crippen molar-refractivity contribution in [1.82, 2.24) is 4.58 Å². The van der Waals surface area contributed by atoms with Crippen LogP contribution in [0.3, 0.4) is 0 Å². The van der Waals surface area contributed by atoms with Crippen LogP contribution in [-0.2, 0) is 41.4 Å². The van der Waals surface area contributed by atoms with Gasteiger partial charge in [-0.25, -0.2) is 9.57 Å². The highest BCUT2D eigenvalue weighted by Gasteiger charge is 2.46. The Bertz CT molecular complexity index is 2820. The Morgan fingerprint density at radius 1 is 0.738 bits per heavy atom. The van der Waals surface area contributed by atoms with Crippen molar-refractivity contribution in [2.75, 3.05) is 42.6 Å². The molecule has 25 heteroatoms. The average Bonchev–Trinajstić information content (AvgIpc) is 3.22. The normalized spacial score (nSPS) is 15.8. The third-order valence-corrected chi connectivity index (χ3v) is 13.3. The number of halogens is 7. The molecule has 7 rings (SSSR count). The van der Waals surface area contributed by atoms with Crippen LogP contribution in [0.15, 0.2) is 77.8 Å². The van der Waals surface area contributed by atoms with Gasteiger partial charge < -0.3 is 22.0 Å². The highest BCUT2D eigenvalue weighted by molar-refractivity contribution is 7.86. The summed E-state index contributed by atoms with van der Waals surface area (Å²) in [4.78, 5) is 27.0. The van der Waals surface area contributed by atoms with Crippen molar-refractivity contribution in [2.24, 2.45) is 4.99 Å². The van der Waals surface area contributed by atoms with E-state index in [2.05, 4.69) is 8.37 Å². The van der Waals surface area contributed by atoms with E-state index in [9.17, 15) is 63.4 Å². The molecule has 2 atom stereocenters. The van der Waals surface area contributed by atoms with E-state index in [0.717, 1.165) is 59.7 Å². The Morgan fingerprint density at radius 2 is 1.28 bits per heavy atom. The Hall–Kier alpha value is -5.43. The van der Waals surface area contributed by atoms with Gasteiger partial charge in [-0.05, 0) is 78.8 Å². The molecular weight excluding hydrogens is 940 g/mol. The molecule has 350 valence electrons. The summed E-state index contributed by atoms with van der Waals surface area (Å²) in [7, 11) is -9.47. The number of rotatable bonds is 16. The summed E-state index contributed by atoms with van der Waals surface area (Å²) in [5.41, 5.74) is 0.864. The van der Waals surface area contributed by atoms with E-state index in [1.54, 1.807) is 12.1 Å². The zero-order valence-corrected chi connectivity index (χ0v) is 36.1. The molecule has 0 radical (unpaired) electrons. The van der Waals surface area contributed by atoms with Crippen LogP contribution in [0.4, 0.5) is 49.1 Å². The van der Waals surface area contributed by atoms with Gasteiger partial charge in [-0.15, -0.1) is 0 Å². The minimum Gasteiger partial charge on any atom is -1.00 e. The van der Waals surface area contributed by atoms with Gasteiger partial charge >= 0.3 is 12.4 Å². The Labute approximate surface area is 373 Å². The van der Waals surface area contributed by atoms with Crippen molar-refractivity contribution < 1.29 is 78.5 Å². The molecule has 4 aromatic rings. The fourth-order valence-electron chi connectivity index (χ4n) is 7.80. The first kappa shape index (κ1) is 49.0. The van der Waals surface area contributed by atoms with Crippen molar-refractivity contribution in [2.45, 2.75) is 63.1 Å². The van der Waals surface area contributed by atoms with Gasteiger partial charge in [-0.1, -0.05) is 0 Å². The number of hydrogen-bond acceptors (Lipinski definition) is 13. The largest absolute Gasteiger partial charge is 1.00 e. The van der Waals surface area contributed by atoms with Gasteiger partial charge in [0.2, 0.25) is 5.36 Å². The number of alkyl halides is 6. The molecule has 0 bridgehead atoms. The van der Waals surface area contributed by atoms with Crippen molar-refractivity contribution in [3.8, 4) is 11.5 Å². The maximum Gasteiger partial charge on any atom is 0.420 e. The molecule has 0 N–H and O–H groups in total. The molecule has 16 nitrogen and oxygen atoms in total. The minimum atomic E-state index is -5.14. The first-order valence-electron chi connectivity index (χ1n) is 19.7. The van der Waals surface area contributed by atoms with Gasteiger partial charge in [0.15, 0.2) is 23.7 Å². The predicted molar refractivity (Wildman–Crippen MR) is 216 cm³/mol. The van der Waals surface area contributed by atoms with Crippen molar-refractivity contribution in [3.05, 3.63) is 126 Å². The number of nitro benzene ring substituents is 2. The second-order valence-corrected chi connectivity index (χ2v) is 18.7. The second kappa shape index (κ2) is 19.2. The van der Waals surface area contributed by atoms with Crippen LogP contribution in [0, 0.1) is 20.2 Å². The predicted octanol–water partition coefficient (Wildman–Crippen LogP) is 3.83. The molecule has 0 aliphatic carbocycles. The molecule has 0 spiro atoms. The summed E-state index contributed by atoms with van der Waals surface area (Å²) < 4.78 is 152. The summed E-state index contributed by atoms with van der Waals surface area (Å²) in [5.74, 6) is -0.746. The lowest BCUT2D eigenvalue weighted by molar-refractivity contribution is -0.385. The summed E-state index contributed by atoms with van der Waals surface area (Å²) in [6.07, 6.45) is -13.5. The van der Waals surface area contributed by atoms with Crippen molar-refractivity contribution in [1.29, 1.82) is 0 Å². The summed E-state index contributed by atoms with van der Waals surface area (Å²) >= 11 is 0. The van der Waals surface area contributed by atoms with E-state index in [0.29, 0.717) is 72.4 Å². The second-order valence-electron chi connectivity index (χ2n) is 15.3. The van der Waals surface area contributed by atoms with E-state index in [1.165, 1.54) is 0 Å². The molecule has 3 aliphatic heterocycles. The lowest BCUT2D eigenvalue weighted by atomic mass is 9.99. The Kier molecular flexibility index (Phi) is 14.5. The lowest BCUT2D eigenvalue weighted by Crippen LogP contribution is -3.00. The van der Waals surface area contributed by atoms with Gasteiger partial charge in [0.25, 0.3) is 31.6 Å². The highest BCUT2D eigenvalue weighted by atomic mass is 35.5. The third-order valence-electron chi connectivity index (χ3n) is 10.7. The number of nitro groups is 2. The Balaban J connectivity index is 0.00000700. The number of non-ortho nitro benzene ring substituents is 2. The maximum atomic E-state index is 13.9. The van der Waals surface area contributed by atoms with Gasteiger partial charge in [0, 0.05) is 67.5 Å². The molecule has 0 fully saturated rings. The summed E-state index contributed by atoms with van der Waals surface area (Å²) in [5, 5.41) is 23.1. The summed E-state index contributed by atoms with van der Waals surface area (Å²) in [6.45, 7) is 1.28. The van der Waals surface area contributed by atoms with Gasteiger partial charge in [0.1, 0.15) is 24.1 Å². The Morgan fingerprint density at radius 3 is 1.82 bits per heavy atom. The molecular formula is C40H38ClF6N5O11S2. The van der Waals surface area contributed by atoms with E-state index in [4.69, 9.17) is 9.73 Å². The maximum absolute atomic E-state index is 13.9. The minimum absolute atomic E-state index is 0. The standard InChI is InChI=1S/C40H38F6N5O11S2.ClH/c41-39(42,43)37(25-7-11-29(12-8-25)50(52)53)61-63(56,57)19-3-17-48-15-1-5-27-21-31-35(23-33(27)48)60-36-24-34-28(22-32(36)47-31)6-2-16-49(34)18-4-20-64(58,59)62-38(40(44,45)46)26-9-13-30(14-10-26)51(54)55;/h7-14,21-24,37-38H,1-6,15-20H2;1H/q+1;/p-1. The van der Waals surface area contributed by atoms with Crippen LogP contribution in [-0.4, -0.2) is 76.7 Å². The van der Waals surface area contributed by atoms with E-state index >= 15 is 0 Å². The number of hydrogen-bond donors (Lipinski definition) is 0. The van der Waals surface area contributed by atoms with Crippen molar-refractivity contribution in [3.63, 3.8) is 0 Å². The SMILES string of the molecule is O=[N+]([O-])c1ccc(C(OS(=O)(=O)CCCN2CCCc3cc4c(cc32)Oc2cc3c(cc2=N4)CCC[N+]=3CCCS(=O)(=O)OC(c2ccc([N+](=O)[O-])cc2)C(F)(F)F)C(F)(F)F)cc1.[Cl-]. The highest BCUT2D eigenvalue weighted by Crippen LogP contribution is 2.42. The van der Waals surface area contributed by atoms with Crippen LogP contribution in [0.5, 0.6) is 11.5 Å². The monoisotopic (exact) mass is 977 g/mol. The van der Waals surface area contributed by atoms with Crippen molar-refractivity contribution >= 4 is 43.0 Å². The number of anilines is 1. The fraction of sp³-hybridized carbons (Fsp3) is 0.400. The van der Waals surface area contributed by atoms with E-state index < -0.39 is 88.7 Å². The average molecular weight is 978 g/mol. The molecule has 65 heavy (non-hydrogen) atoms. The van der Waals surface area contributed by atoms with E-state index in [1.807, 2.05) is 21.6 Å². The topological polar surface area (TPSA) is 201 Å². The van der Waals surface area contributed by atoms with E-state index in [-0.39, 0.29) is 38.3 Å². The molecule has 2 unspecified atom stereocenters. The summed E-state index contributed by atoms with van der Waals surface area (Å²) in [6, 6.07) is 13.7. The molecule has 0 saturated carbocycles. The first-order chi connectivity index (χ1) is 30.1. The van der Waals surface area contributed by atoms with Gasteiger partial charge in [0.05, 0.1) is 27.4 Å². The molecule has 3 aliphatic rings. The number of ether oxygens (including phenoxy) is 1. The van der Waals surface area contributed by atoms with Crippen LogP contribution < -0.4 is 37.3 Å². The lowest BCUT2D eigenvalue weighted by Gasteiger charge is -2.32. The van der Waals surface area contributed by atoms with Crippen LogP contribution >= 0.6 is 0 Å². The first-order valence-corrected chi connectivity index (χ1v) is 22.9. The van der Waals surface area contributed by atoms with Crippen LogP contribution in [0.1, 0.15) is 60.1 Å². The van der Waals surface area contributed by atoms with Crippen LogP contribution in [0.25, 0.3) is 0 Å². The number of aryl methyl sites for hydroxylation is 2. The molecule has 0 aromatic heterocycles. The quantitative estimate of drug-likeness (QED) is 0.0456. The molecule has 0 saturated heterocycles. The number of fused-ring (bicyclic) bond motifs is 4. The fourth-order valence-corrected chi connectivity index (χ4v) is 9.98. The van der Waals surface area contributed by atoms with Crippen LogP contribution in [0.2, 0.25) is 0 Å². The zero-order chi connectivity index (χ0) is 46.2. The number of benzene rings is 4. The third kappa shape index (κ3) is 11.7. The molecule has 0 amide bonds. The molecule has 3 heterocycles. The smallest absolute Gasteiger partial charge is 0.420 e. The van der Waals surface area contributed by atoms with Gasteiger partial charge in [-0.3, -0.25) is 28.6 Å². The van der Waals surface area contributed by atoms with Gasteiger partial charge in [-0.2, -0.15) is 43.2 Å².